The van der Waals surface area contributed by atoms with Crippen molar-refractivity contribution >= 4 is 17.7 Å². The van der Waals surface area contributed by atoms with E-state index >= 15 is 0 Å². The normalized spacial score (nSPS) is 47.0. The van der Waals surface area contributed by atoms with Crippen LogP contribution in [-0.4, -0.2) is 41.3 Å². The molecule has 1 N–H and O–H groups in total. The molecule has 8 atom stereocenters. The number of carbonyl (C=O) groups is 3. The monoisotopic (exact) mass is 484 g/mol. The first kappa shape index (κ1) is 23.0. The second kappa shape index (κ2) is 6.65. The average Bonchev–Trinajstić information content (AvgIpc) is 3.42. The van der Waals surface area contributed by atoms with Crippen LogP contribution in [0.25, 0.3) is 0 Å². The number of hydrogen-bond acceptors (Lipinski definition) is 8. The predicted molar refractivity (Wildman–Crippen MR) is 120 cm³/mol. The van der Waals surface area contributed by atoms with E-state index in [1.807, 2.05) is 20.8 Å². The Morgan fingerprint density at radius 3 is 2.63 bits per heavy atom. The van der Waals surface area contributed by atoms with Gasteiger partial charge in [-0.3, -0.25) is 9.59 Å². The fourth-order valence-electron chi connectivity index (χ4n) is 8.82. The van der Waals surface area contributed by atoms with E-state index in [1.165, 1.54) is 13.2 Å². The average molecular weight is 485 g/mol. The van der Waals surface area contributed by atoms with E-state index in [9.17, 15) is 19.5 Å². The highest BCUT2D eigenvalue weighted by Crippen LogP contribution is 2.77. The summed E-state index contributed by atoms with van der Waals surface area (Å²) < 4.78 is 22.9. The van der Waals surface area contributed by atoms with Crippen LogP contribution in [0.15, 0.2) is 34.7 Å². The van der Waals surface area contributed by atoms with Gasteiger partial charge in [-0.2, -0.15) is 0 Å². The molecular formula is C27H32O8. The second-order valence-electron chi connectivity index (χ2n) is 12.1. The summed E-state index contributed by atoms with van der Waals surface area (Å²) in [4.78, 5) is 39.5. The van der Waals surface area contributed by atoms with Gasteiger partial charge in [-0.25, -0.2) is 4.79 Å². The molecule has 0 radical (unpaired) electrons. The molecule has 3 saturated carbocycles. The van der Waals surface area contributed by atoms with E-state index in [-0.39, 0.29) is 18.1 Å². The highest BCUT2D eigenvalue weighted by Gasteiger charge is 2.83. The summed E-state index contributed by atoms with van der Waals surface area (Å²) in [7, 11) is 1.33. The van der Waals surface area contributed by atoms with E-state index in [0.717, 1.165) is 11.1 Å². The van der Waals surface area contributed by atoms with Gasteiger partial charge in [0.1, 0.15) is 11.9 Å². The zero-order valence-corrected chi connectivity index (χ0v) is 20.8. The lowest BCUT2D eigenvalue weighted by Gasteiger charge is -2.62. The van der Waals surface area contributed by atoms with E-state index in [4.69, 9.17) is 18.6 Å². The lowest BCUT2D eigenvalue weighted by atomic mass is 9.38. The Balaban J connectivity index is 1.56. The number of ether oxygens (including phenoxy) is 3. The van der Waals surface area contributed by atoms with Crippen LogP contribution in [0.4, 0.5) is 0 Å². The molecule has 8 nitrogen and oxygen atoms in total. The fraction of sp³-hybridized carbons (Fsp3) is 0.667. The second-order valence-corrected chi connectivity index (χ2v) is 12.1. The highest BCUT2D eigenvalue weighted by molar-refractivity contribution is 5.93. The van der Waals surface area contributed by atoms with Gasteiger partial charge in [0.2, 0.25) is 0 Å². The number of esters is 2. The van der Waals surface area contributed by atoms with Gasteiger partial charge in [0, 0.05) is 40.2 Å². The number of cyclic esters (lactones) is 1. The van der Waals surface area contributed by atoms with Crippen molar-refractivity contribution in [3.63, 3.8) is 0 Å². The maximum atomic E-state index is 14.0. The van der Waals surface area contributed by atoms with E-state index in [0.29, 0.717) is 19.3 Å². The van der Waals surface area contributed by atoms with Crippen molar-refractivity contribution in [1.29, 1.82) is 0 Å². The van der Waals surface area contributed by atoms with Gasteiger partial charge in [-0.1, -0.05) is 27.7 Å². The number of rotatable bonds is 3. The first-order valence-electron chi connectivity index (χ1n) is 12.4. The largest absolute Gasteiger partial charge is 0.472 e. The van der Waals surface area contributed by atoms with Crippen LogP contribution < -0.4 is 0 Å². The molecule has 3 heterocycles. The van der Waals surface area contributed by atoms with Crippen molar-refractivity contribution in [2.24, 2.45) is 34.0 Å². The first-order chi connectivity index (χ1) is 16.4. The molecule has 1 saturated heterocycles. The van der Waals surface area contributed by atoms with Gasteiger partial charge in [-0.15, -0.1) is 0 Å². The molecule has 0 aromatic carbocycles. The predicted octanol–water partition coefficient (Wildman–Crippen LogP) is 3.49. The third-order valence-corrected chi connectivity index (χ3v) is 10.5. The van der Waals surface area contributed by atoms with Gasteiger partial charge in [0.15, 0.2) is 5.79 Å². The van der Waals surface area contributed by atoms with Crippen molar-refractivity contribution in [3.8, 4) is 0 Å². The number of fused-ring (bicyclic) bond motifs is 3. The molecule has 2 aliphatic heterocycles. The quantitative estimate of drug-likeness (QED) is 0.649. The lowest BCUT2D eigenvalue weighted by molar-refractivity contribution is -0.297. The maximum Gasteiger partial charge on any atom is 0.331 e. The number of ketones is 1. The van der Waals surface area contributed by atoms with E-state index in [1.54, 1.807) is 18.6 Å². The molecule has 6 rings (SSSR count). The molecule has 0 unspecified atom stereocenters. The molecule has 3 bridgehead atoms. The van der Waals surface area contributed by atoms with Gasteiger partial charge >= 0.3 is 11.9 Å². The van der Waals surface area contributed by atoms with E-state index in [2.05, 4.69) is 6.92 Å². The standard InChI is InChI=1S/C27H32O8/c1-23(2)17(10-19(28)32-5)25(4)16-6-8-24(3)18(11-20(29)34-22(24)14-7-9-33-13-14)26(16)12-15(21(25)30)27(23,31)35-26/h7,9,11,13,15-17,22,31H,6,8,10,12H2,1-5H3/t15-,16-,17+,22-,24-,25-,26+,27-/m0/s1. The van der Waals surface area contributed by atoms with E-state index < -0.39 is 57.5 Å². The summed E-state index contributed by atoms with van der Waals surface area (Å²) >= 11 is 0. The van der Waals surface area contributed by atoms with Crippen LogP contribution in [0.5, 0.6) is 0 Å². The number of furan rings is 1. The number of hydrogen-bond donors (Lipinski definition) is 1. The number of aliphatic hydroxyl groups is 1. The summed E-state index contributed by atoms with van der Waals surface area (Å²) in [6.07, 6.45) is 5.69. The van der Waals surface area contributed by atoms with Crippen LogP contribution >= 0.6 is 0 Å². The third-order valence-electron chi connectivity index (χ3n) is 10.5. The molecule has 8 heteroatoms. The van der Waals surface area contributed by atoms with Gasteiger partial charge in [0.05, 0.1) is 31.2 Å². The van der Waals surface area contributed by atoms with Crippen LogP contribution in [0.3, 0.4) is 0 Å². The molecule has 3 aliphatic carbocycles. The van der Waals surface area contributed by atoms with Crippen LogP contribution in [-0.2, 0) is 28.6 Å². The summed E-state index contributed by atoms with van der Waals surface area (Å²) in [6.45, 7) is 7.76. The zero-order chi connectivity index (χ0) is 25.2. The van der Waals surface area contributed by atoms with Gasteiger partial charge in [0.25, 0.3) is 0 Å². The summed E-state index contributed by atoms with van der Waals surface area (Å²) in [5, 5.41) is 12.1. The van der Waals surface area contributed by atoms with Crippen molar-refractivity contribution in [2.75, 3.05) is 7.11 Å². The summed E-state index contributed by atoms with van der Waals surface area (Å²) in [5.74, 6) is -4.27. The third kappa shape index (κ3) is 2.43. The van der Waals surface area contributed by atoms with Crippen molar-refractivity contribution < 1.29 is 38.1 Å². The Morgan fingerprint density at radius 2 is 1.97 bits per heavy atom. The zero-order valence-electron chi connectivity index (χ0n) is 20.8. The van der Waals surface area contributed by atoms with Crippen LogP contribution in [0, 0.1) is 34.0 Å². The minimum atomic E-state index is -1.78. The Bertz CT molecular complexity index is 1170. The van der Waals surface area contributed by atoms with Crippen LogP contribution in [0.2, 0.25) is 0 Å². The van der Waals surface area contributed by atoms with Crippen molar-refractivity contribution in [1.82, 2.24) is 0 Å². The van der Waals surface area contributed by atoms with Crippen LogP contribution in [0.1, 0.15) is 65.0 Å². The van der Waals surface area contributed by atoms with Crippen molar-refractivity contribution in [3.05, 3.63) is 35.8 Å². The van der Waals surface area contributed by atoms with Gasteiger partial charge in [-0.05, 0) is 36.8 Å². The summed E-state index contributed by atoms with van der Waals surface area (Å²) in [5.41, 5.74) is -1.92. The molecule has 0 amide bonds. The molecule has 188 valence electrons. The Kier molecular flexibility index (Phi) is 4.37. The molecule has 1 aromatic rings. The van der Waals surface area contributed by atoms with Crippen molar-refractivity contribution in [2.45, 2.75) is 70.9 Å². The molecule has 1 aromatic heterocycles. The fourth-order valence-corrected chi connectivity index (χ4v) is 8.82. The molecular weight excluding hydrogens is 452 g/mol. The topological polar surface area (TPSA) is 112 Å². The number of methoxy groups -OCH3 is 1. The first-order valence-corrected chi connectivity index (χ1v) is 12.4. The number of Topliss-reactive ketones (excluding diaryl/α,β-unsaturated/α-hetero) is 1. The highest BCUT2D eigenvalue weighted by atomic mass is 16.7. The number of carbonyl (C=O) groups excluding carboxylic acids is 3. The Labute approximate surface area is 204 Å². The molecule has 35 heavy (non-hydrogen) atoms. The minimum absolute atomic E-state index is 0.00666. The molecule has 1 spiro atoms. The lowest BCUT2D eigenvalue weighted by Crippen LogP contribution is -2.69. The smallest absolute Gasteiger partial charge is 0.331 e. The minimum Gasteiger partial charge on any atom is -0.472 e. The Morgan fingerprint density at radius 1 is 1.23 bits per heavy atom. The maximum absolute atomic E-state index is 14.0. The van der Waals surface area contributed by atoms with Gasteiger partial charge < -0.3 is 23.7 Å². The Hall–Kier alpha value is -2.45. The molecule has 5 aliphatic rings. The summed E-state index contributed by atoms with van der Waals surface area (Å²) in [6, 6.07) is 1.80. The SMILES string of the molecule is COC(=O)C[C@@H]1C(C)(C)[C@@]2(O)O[C@]34C[C@H]2C(=O)[C@@]1(C)[C@@H]3CC[C@@]1(C)C4=CC(=O)O[C@H]1c1ccoc1. The molecule has 4 fully saturated rings.